The summed E-state index contributed by atoms with van der Waals surface area (Å²) >= 11 is 0. The Hall–Kier alpha value is -2.54. The van der Waals surface area contributed by atoms with Crippen LogP contribution < -0.4 is 10.1 Å². The van der Waals surface area contributed by atoms with Crippen LogP contribution in [0.15, 0.2) is 36.4 Å². The summed E-state index contributed by atoms with van der Waals surface area (Å²) in [6.07, 6.45) is 0. The highest BCUT2D eigenvalue weighted by atomic mass is 19.1. The normalized spacial score (nSPS) is 9.90. The first-order valence-electron chi connectivity index (χ1n) is 6.34. The molecule has 0 fully saturated rings. The quantitative estimate of drug-likeness (QED) is 0.907. The van der Waals surface area contributed by atoms with Crippen LogP contribution in [0.1, 0.15) is 18.1 Å². The van der Waals surface area contributed by atoms with E-state index in [1.165, 1.54) is 6.07 Å². The molecule has 0 aromatic heterocycles. The van der Waals surface area contributed by atoms with Crippen LogP contribution in [0.4, 0.5) is 15.8 Å². The highest BCUT2D eigenvalue weighted by Gasteiger charge is 2.08. The lowest BCUT2D eigenvalue weighted by atomic mass is 10.1. The Kier molecular flexibility index (Phi) is 4.21. The van der Waals surface area contributed by atoms with Gasteiger partial charge >= 0.3 is 0 Å². The Labute approximate surface area is 117 Å². The molecule has 102 valence electrons. The lowest BCUT2D eigenvalue weighted by Gasteiger charge is -2.12. The first-order chi connectivity index (χ1) is 9.65. The van der Waals surface area contributed by atoms with Crippen LogP contribution in [-0.2, 0) is 0 Å². The zero-order valence-electron chi connectivity index (χ0n) is 11.4. The summed E-state index contributed by atoms with van der Waals surface area (Å²) in [5.74, 6) is -0.202. The first kappa shape index (κ1) is 13.9. The van der Waals surface area contributed by atoms with Crippen molar-refractivity contribution in [2.24, 2.45) is 0 Å². The van der Waals surface area contributed by atoms with E-state index >= 15 is 0 Å². The molecule has 0 atom stereocenters. The van der Waals surface area contributed by atoms with E-state index in [0.29, 0.717) is 23.5 Å². The van der Waals surface area contributed by atoms with Crippen molar-refractivity contribution in [2.45, 2.75) is 13.8 Å². The van der Waals surface area contributed by atoms with Crippen LogP contribution in [0.25, 0.3) is 0 Å². The number of ether oxygens (including phenoxy) is 1. The van der Waals surface area contributed by atoms with Crippen LogP contribution in [0, 0.1) is 24.1 Å². The van der Waals surface area contributed by atoms with Gasteiger partial charge in [0, 0.05) is 11.8 Å². The van der Waals surface area contributed by atoms with Crippen LogP contribution >= 0.6 is 0 Å². The third-order valence-corrected chi connectivity index (χ3v) is 2.89. The predicted octanol–water partition coefficient (Wildman–Crippen LogP) is 4.15. The molecular weight excluding hydrogens is 255 g/mol. The summed E-state index contributed by atoms with van der Waals surface area (Å²) in [6, 6.07) is 12.2. The number of aryl methyl sites for hydroxylation is 1. The number of rotatable bonds is 4. The lowest BCUT2D eigenvalue weighted by molar-refractivity contribution is 0.321. The van der Waals surface area contributed by atoms with Crippen LogP contribution in [0.5, 0.6) is 5.75 Å². The van der Waals surface area contributed by atoms with E-state index in [0.717, 1.165) is 5.56 Å². The second-order valence-corrected chi connectivity index (χ2v) is 4.31. The molecule has 0 saturated carbocycles. The van der Waals surface area contributed by atoms with Crippen molar-refractivity contribution in [3.63, 3.8) is 0 Å². The average Bonchev–Trinajstić information content (AvgIpc) is 2.44. The number of hydrogen-bond donors (Lipinski definition) is 1. The highest BCUT2D eigenvalue weighted by molar-refractivity contribution is 5.70. The molecule has 0 aliphatic carbocycles. The molecule has 20 heavy (non-hydrogen) atoms. The Morgan fingerprint density at radius 3 is 2.75 bits per heavy atom. The van der Waals surface area contributed by atoms with Crippen molar-refractivity contribution in [3.8, 4) is 11.8 Å². The molecule has 0 unspecified atom stereocenters. The molecule has 0 amide bonds. The molecule has 0 bridgehead atoms. The van der Waals surface area contributed by atoms with Gasteiger partial charge in [0.1, 0.15) is 6.07 Å². The number of anilines is 2. The van der Waals surface area contributed by atoms with E-state index in [-0.39, 0.29) is 5.75 Å². The summed E-state index contributed by atoms with van der Waals surface area (Å²) in [5, 5.41) is 12.2. The Bertz CT molecular complexity index is 662. The van der Waals surface area contributed by atoms with Crippen LogP contribution in [0.2, 0.25) is 0 Å². The fraction of sp³-hybridized carbons (Fsp3) is 0.188. The zero-order chi connectivity index (χ0) is 14.5. The molecule has 2 aromatic carbocycles. The second kappa shape index (κ2) is 6.07. The number of hydrogen-bond acceptors (Lipinski definition) is 3. The predicted molar refractivity (Wildman–Crippen MR) is 76.7 cm³/mol. The van der Waals surface area contributed by atoms with Gasteiger partial charge in [-0.15, -0.1) is 0 Å². The van der Waals surface area contributed by atoms with Gasteiger partial charge in [0.2, 0.25) is 0 Å². The maximum atomic E-state index is 13.8. The Morgan fingerprint density at radius 2 is 2.10 bits per heavy atom. The zero-order valence-corrected chi connectivity index (χ0v) is 11.4. The smallest absolute Gasteiger partial charge is 0.167 e. The second-order valence-electron chi connectivity index (χ2n) is 4.31. The highest BCUT2D eigenvalue weighted by Crippen LogP contribution is 2.27. The van der Waals surface area contributed by atoms with Gasteiger partial charge in [-0.05, 0) is 37.6 Å². The lowest BCUT2D eigenvalue weighted by Crippen LogP contribution is -1.99. The fourth-order valence-electron chi connectivity index (χ4n) is 1.92. The third kappa shape index (κ3) is 2.89. The van der Waals surface area contributed by atoms with Gasteiger partial charge in [-0.2, -0.15) is 5.26 Å². The molecule has 0 heterocycles. The standard InChI is InChI=1S/C16H15FN2O/c1-3-20-15-8-7-13(9-14(15)17)19-16-11(2)5-4-6-12(16)10-18/h4-9,19H,3H2,1-2H3. The summed E-state index contributed by atoms with van der Waals surface area (Å²) in [5.41, 5.74) is 2.73. The molecule has 2 aromatic rings. The molecule has 0 radical (unpaired) electrons. The van der Waals surface area contributed by atoms with E-state index in [2.05, 4.69) is 11.4 Å². The van der Waals surface area contributed by atoms with Crippen LogP contribution in [-0.4, -0.2) is 6.61 Å². The van der Waals surface area contributed by atoms with Gasteiger partial charge in [-0.3, -0.25) is 0 Å². The van der Waals surface area contributed by atoms with E-state index in [1.807, 2.05) is 19.1 Å². The summed E-state index contributed by atoms with van der Waals surface area (Å²) in [4.78, 5) is 0. The minimum absolute atomic E-state index is 0.225. The van der Waals surface area contributed by atoms with Gasteiger partial charge in [-0.1, -0.05) is 12.1 Å². The maximum absolute atomic E-state index is 13.8. The fourth-order valence-corrected chi connectivity index (χ4v) is 1.92. The van der Waals surface area contributed by atoms with E-state index < -0.39 is 5.82 Å². The van der Waals surface area contributed by atoms with Crippen molar-refractivity contribution < 1.29 is 9.13 Å². The maximum Gasteiger partial charge on any atom is 0.167 e. The van der Waals surface area contributed by atoms with Crippen molar-refractivity contribution in [1.29, 1.82) is 5.26 Å². The minimum atomic E-state index is -0.427. The summed E-state index contributed by atoms with van der Waals surface area (Å²) < 4.78 is 18.9. The van der Waals surface area contributed by atoms with E-state index in [9.17, 15) is 4.39 Å². The molecule has 2 rings (SSSR count). The largest absolute Gasteiger partial charge is 0.491 e. The number of para-hydroxylation sites is 1. The summed E-state index contributed by atoms with van der Waals surface area (Å²) in [6.45, 7) is 4.12. The first-order valence-corrected chi connectivity index (χ1v) is 6.34. The monoisotopic (exact) mass is 270 g/mol. The van der Waals surface area contributed by atoms with E-state index in [1.54, 1.807) is 25.1 Å². The minimum Gasteiger partial charge on any atom is -0.491 e. The van der Waals surface area contributed by atoms with Crippen molar-refractivity contribution >= 4 is 11.4 Å². The topological polar surface area (TPSA) is 45.0 Å². The number of nitriles is 1. The molecule has 4 heteroatoms. The van der Waals surface area contributed by atoms with Gasteiger partial charge in [0.05, 0.1) is 17.9 Å². The van der Waals surface area contributed by atoms with Gasteiger partial charge < -0.3 is 10.1 Å². The molecule has 1 N–H and O–H groups in total. The Balaban J connectivity index is 2.32. The Morgan fingerprint density at radius 1 is 1.30 bits per heavy atom. The number of nitrogens with one attached hydrogen (secondary N) is 1. The molecule has 0 aliphatic heterocycles. The van der Waals surface area contributed by atoms with Crippen molar-refractivity contribution in [2.75, 3.05) is 11.9 Å². The number of benzene rings is 2. The van der Waals surface area contributed by atoms with Gasteiger partial charge in [-0.25, -0.2) is 4.39 Å². The SMILES string of the molecule is CCOc1ccc(Nc2c(C)cccc2C#N)cc1F. The summed E-state index contributed by atoms with van der Waals surface area (Å²) in [7, 11) is 0. The van der Waals surface area contributed by atoms with E-state index in [4.69, 9.17) is 10.00 Å². The third-order valence-electron chi connectivity index (χ3n) is 2.89. The average molecular weight is 270 g/mol. The molecule has 0 aliphatic rings. The molecule has 3 nitrogen and oxygen atoms in total. The molecular formula is C16H15FN2O. The van der Waals surface area contributed by atoms with Crippen molar-refractivity contribution in [1.82, 2.24) is 0 Å². The van der Waals surface area contributed by atoms with Crippen LogP contribution in [0.3, 0.4) is 0 Å². The van der Waals surface area contributed by atoms with Gasteiger partial charge in [0.15, 0.2) is 11.6 Å². The molecule has 0 spiro atoms. The van der Waals surface area contributed by atoms with Crippen molar-refractivity contribution in [3.05, 3.63) is 53.3 Å². The number of nitrogens with zero attached hydrogens (tertiary/aromatic N) is 1. The van der Waals surface area contributed by atoms with Gasteiger partial charge in [0.25, 0.3) is 0 Å². The number of halogens is 1. The molecule has 0 saturated heterocycles.